The largest absolute Gasteiger partial charge is 0.489 e. The van der Waals surface area contributed by atoms with Crippen molar-refractivity contribution in [2.24, 2.45) is 0 Å². The van der Waals surface area contributed by atoms with Gasteiger partial charge >= 0.3 is 0 Å². The predicted molar refractivity (Wildman–Crippen MR) is 155 cm³/mol. The lowest BCUT2D eigenvalue weighted by Crippen LogP contribution is -2.31. The number of benzene rings is 3. The van der Waals surface area contributed by atoms with Gasteiger partial charge in [0.05, 0.1) is 22.5 Å². The van der Waals surface area contributed by atoms with Crippen LogP contribution in [0.2, 0.25) is 5.02 Å². The molecule has 0 bridgehead atoms. The fourth-order valence-electron chi connectivity index (χ4n) is 4.66. The van der Waals surface area contributed by atoms with Gasteiger partial charge in [0.15, 0.2) is 5.82 Å². The van der Waals surface area contributed by atoms with E-state index >= 15 is 0 Å². The minimum Gasteiger partial charge on any atom is -0.489 e. The van der Waals surface area contributed by atoms with Crippen molar-refractivity contribution in [2.45, 2.75) is 19.6 Å². The van der Waals surface area contributed by atoms with Crippen molar-refractivity contribution in [3.05, 3.63) is 131 Å². The number of aromatic nitrogens is 4. The number of amides is 1. The molecule has 1 atom stereocenters. The molecule has 0 spiro atoms. The second-order valence-electron chi connectivity index (χ2n) is 9.29. The van der Waals surface area contributed by atoms with E-state index in [1.165, 1.54) is 0 Å². The molecule has 0 radical (unpaired) electrons. The van der Waals surface area contributed by atoms with Crippen LogP contribution in [-0.4, -0.2) is 25.7 Å². The Bertz CT molecular complexity index is 1700. The summed E-state index contributed by atoms with van der Waals surface area (Å²) >= 11 is 6.47. The molecule has 9 heteroatoms. The molecule has 0 saturated carbocycles. The smallest absolute Gasteiger partial charge is 0.255 e. The molecular formula is C31H25ClN6O2. The van der Waals surface area contributed by atoms with Crippen LogP contribution < -0.4 is 15.4 Å². The highest BCUT2D eigenvalue weighted by Gasteiger charge is 2.35. The Morgan fingerprint density at radius 2 is 1.85 bits per heavy atom. The average molecular weight is 549 g/mol. The minimum atomic E-state index is -0.586. The summed E-state index contributed by atoms with van der Waals surface area (Å²) in [5, 5.41) is 11.6. The maximum absolute atomic E-state index is 13.7. The summed E-state index contributed by atoms with van der Waals surface area (Å²) in [6.07, 6.45) is 3.26. The molecule has 40 heavy (non-hydrogen) atoms. The third kappa shape index (κ3) is 5.17. The number of nitrogens with zero attached hydrogens (tertiary/aromatic N) is 4. The number of nitrogens with one attached hydrogen (secondary N) is 2. The number of carbonyl (C=O) groups is 1. The number of fused-ring (bicyclic) bond motifs is 1. The van der Waals surface area contributed by atoms with Gasteiger partial charge in [0.1, 0.15) is 18.4 Å². The average Bonchev–Trinajstić information content (AvgIpc) is 3.40. The van der Waals surface area contributed by atoms with Gasteiger partial charge in [-0.15, -0.1) is 5.10 Å². The van der Waals surface area contributed by atoms with E-state index in [0.29, 0.717) is 51.7 Å². The van der Waals surface area contributed by atoms with Crippen molar-refractivity contribution >= 4 is 29.1 Å². The third-order valence-corrected chi connectivity index (χ3v) is 6.88. The van der Waals surface area contributed by atoms with Crippen LogP contribution >= 0.6 is 11.6 Å². The minimum absolute atomic E-state index is 0.279. The Hall–Kier alpha value is -4.95. The van der Waals surface area contributed by atoms with Crippen LogP contribution in [0.15, 0.2) is 115 Å². The highest BCUT2D eigenvalue weighted by molar-refractivity contribution is 6.33. The number of halogens is 1. The van der Waals surface area contributed by atoms with Crippen LogP contribution in [0, 0.1) is 0 Å². The molecule has 198 valence electrons. The van der Waals surface area contributed by atoms with Gasteiger partial charge in [-0.3, -0.25) is 9.78 Å². The summed E-state index contributed by atoms with van der Waals surface area (Å²) in [6, 6.07) is 28.0. The number of hydrogen-bond acceptors (Lipinski definition) is 6. The van der Waals surface area contributed by atoms with E-state index in [1.807, 2.05) is 79.7 Å². The van der Waals surface area contributed by atoms with Gasteiger partial charge in [0.25, 0.3) is 5.91 Å². The molecular weight excluding hydrogens is 524 g/mol. The summed E-state index contributed by atoms with van der Waals surface area (Å²) in [5.41, 5.74) is 4.32. The van der Waals surface area contributed by atoms with Crippen LogP contribution in [0.1, 0.15) is 24.1 Å². The molecule has 5 aromatic rings. The van der Waals surface area contributed by atoms with Crippen molar-refractivity contribution in [1.82, 2.24) is 19.7 Å². The Labute approximate surface area is 236 Å². The topological polar surface area (TPSA) is 94.0 Å². The van der Waals surface area contributed by atoms with E-state index < -0.39 is 6.04 Å². The summed E-state index contributed by atoms with van der Waals surface area (Å²) in [5.74, 6) is 1.36. The lowest BCUT2D eigenvalue weighted by atomic mass is 9.95. The van der Waals surface area contributed by atoms with Gasteiger partial charge in [0.2, 0.25) is 5.95 Å². The molecule has 0 saturated heterocycles. The molecule has 2 N–H and O–H groups in total. The van der Waals surface area contributed by atoms with E-state index in [0.717, 1.165) is 11.1 Å². The van der Waals surface area contributed by atoms with E-state index in [2.05, 4.69) is 15.6 Å². The third-order valence-electron chi connectivity index (χ3n) is 6.55. The van der Waals surface area contributed by atoms with Gasteiger partial charge in [0, 0.05) is 17.5 Å². The lowest BCUT2D eigenvalue weighted by molar-refractivity contribution is -0.113. The van der Waals surface area contributed by atoms with Gasteiger partial charge in [-0.25, -0.2) is 4.68 Å². The van der Waals surface area contributed by atoms with E-state index in [9.17, 15) is 4.79 Å². The van der Waals surface area contributed by atoms with Crippen LogP contribution in [0.25, 0.3) is 11.4 Å². The first-order chi connectivity index (χ1) is 19.6. The number of rotatable bonds is 7. The molecule has 0 fully saturated rings. The summed E-state index contributed by atoms with van der Waals surface area (Å²) in [7, 11) is 0. The van der Waals surface area contributed by atoms with Gasteiger partial charge in [-0.2, -0.15) is 4.98 Å². The van der Waals surface area contributed by atoms with Gasteiger partial charge < -0.3 is 15.4 Å². The zero-order chi connectivity index (χ0) is 27.5. The van der Waals surface area contributed by atoms with Crippen LogP contribution in [0.5, 0.6) is 5.75 Å². The number of pyridine rings is 1. The molecule has 1 amide bonds. The number of hydrogen-bond donors (Lipinski definition) is 2. The van der Waals surface area contributed by atoms with Crippen molar-refractivity contribution in [1.29, 1.82) is 0 Å². The fourth-order valence-corrected chi connectivity index (χ4v) is 4.88. The first-order valence-electron chi connectivity index (χ1n) is 12.7. The quantitative estimate of drug-likeness (QED) is 0.241. The van der Waals surface area contributed by atoms with Crippen molar-refractivity contribution in [2.75, 3.05) is 10.6 Å². The molecule has 1 aliphatic heterocycles. The Morgan fingerprint density at radius 3 is 2.65 bits per heavy atom. The van der Waals surface area contributed by atoms with E-state index in [1.54, 1.807) is 35.3 Å². The number of carbonyl (C=O) groups excluding carboxylic acids is 1. The maximum Gasteiger partial charge on any atom is 0.255 e. The molecule has 0 aliphatic carbocycles. The van der Waals surface area contributed by atoms with Crippen molar-refractivity contribution in [3.8, 4) is 17.1 Å². The zero-order valence-electron chi connectivity index (χ0n) is 21.6. The molecule has 3 heterocycles. The number of anilines is 2. The molecule has 2 aromatic heterocycles. The van der Waals surface area contributed by atoms with E-state index in [4.69, 9.17) is 26.4 Å². The fraction of sp³-hybridized carbons (Fsp3) is 0.0968. The molecule has 3 aromatic carbocycles. The normalized spacial score (nSPS) is 14.3. The van der Waals surface area contributed by atoms with Gasteiger partial charge in [-0.1, -0.05) is 66.2 Å². The second kappa shape index (κ2) is 11.0. The second-order valence-corrected chi connectivity index (χ2v) is 9.70. The first kappa shape index (κ1) is 25.3. The monoisotopic (exact) mass is 548 g/mol. The molecule has 6 rings (SSSR count). The SMILES string of the molecule is CC1=C(C(=O)Nc2cccnc2)C(c2cccc(OCc3ccccc3)c2)n2nc(-c3ccccc3Cl)nc2N1. The predicted octanol–water partition coefficient (Wildman–Crippen LogP) is 6.50. The highest BCUT2D eigenvalue weighted by atomic mass is 35.5. The maximum atomic E-state index is 13.7. The number of ether oxygens (including phenoxy) is 1. The van der Waals surface area contributed by atoms with Crippen LogP contribution in [0.4, 0.5) is 11.6 Å². The van der Waals surface area contributed by atoms with Gasteiger partial charge in [-0.05, 0) is 54.4 Å². The van der Waals surface area contributed by atoms with E-state index in [-0.39, 0.29) is 5.91 Å². The number of allylic oxidation sites excluding steroid dienone is 1. The Morgan fingerprint density at radius 1 is 1.02 bits per heavy atom. The molecule has 1 aliphatic rings. The van der Waals surface area contributed by atoms with Crippen LogP contribution in [-0.2, 0) is 11.4 Å². The Balaban J connectivity index is 1.41. The standard InChI is InChI=1S/C31H25ClN6O2/c1-20-27(30(39)35-23-12-8-16-33-18-23)28(22-11-7-13-24(17-22)40-19-21-9-3-2-4-10-21)38-31(34-20)36-29(37-38)25-14-5-6-15-26(25)32/h2-18,28H,19H2,1H3,(H,35,39)(H,34,36,37). The zero-order valence-corrected chi connectivity index (χ0v) is 22.3. The van der Waals surface area contributed by atoms with Crippen molar-refractivity contribution in [3.63, 3.8) is 0 Å². The Kier molecular flexibility index (Phi) is 6.99. The molecule has 8 nitrogen and oxygen atoms in total. The van der Waals surface area contributed by atoms with Crippen LogP contribution in [0.3, 0.4) is 0 Å². The molecule has 1 unspecified atom stereocenters. The first-order valence-corrected chi connectivity index (χ1v) is 13.1. The highest BCUT2D eigenvalue weighted by Crippen LogP contribution is 2.38. The summed E-state index contributed by atoms with van der Waals surface area (Å²) in [6.45, 7) is 2.28. The lowest BCUT2D eigenvalue weighted by Gasteiger charge is -2.29. The summed E-state index contributed by atoms with van der Waals surface area (Å²) in [4.78, 5) is 22.6. The summed E-state index contributed by atoms with van der Waals surface area (Å²) < 4.78 is 7.84. The van der Waals surface area contributed by atoms with Crippen molar-refractivity contribution < 1.29 is 9.53 Å².